The molecule has 0 aromatic carbocycles. The van der Waals surface area contributed by atoms with Gasteiger partial charge in [-0.3, -0.25) is 0 Å². The molecule has 3 heteroatoms. The van der Waals surface area contributed by atoms with E-state index in [1.807, 2.05) is 0 Å². The minimum atomic E-state index is -4.05. The number of alkyl halides is 3. The molecule has 0 fully saturated rings. The van der Waals surface area contributed by atoms with E-state index in [9.17, 15) is 13.2 Å². The van der Waals surface area contributed by atoms with Crippen molar-refractivity contribution >= 4 is 0 Å². The van der Waals surface area contributed by atoms with Crippen LogP contribution in [0.25, 0.3) is 0 Å². The lowest BCUT2D eigenvalue weighted by Gasteiger charge is -2.15. The van der Waals surface area contributed by atoms with E-state index in [1.54, 1.807) is 0 Å². The van der Waals surface area contributed by atoms with E-state index in [0.29, 0.717) is 0 Å². The molecule has 0 saturated carbocycles. The lowest BCUT2D eigenvalue weighted by molar-refractivity contribution is -0.174. The molecule has 0 N–H and O–H groups in total. The molecule has 0 radical (unpaired) electrons. The van der Waals surface area contributed by atoms with Crippen molar-refractivity contribution in [2.24, 2.45) is 5.92 Å². The van der Waals surface area contributed by atoms with Crippen LogP contribution in [-0.2, 0) is 0 Å². The molecule has 0 saturated heterocycles. The largest absolute Gasteiger partial charge is 0.392 e. The monoisotopic (exact) mass is 152 g/mol. The Hall–Kier alpha value is -0.470. The average molecular weight is 152 g/mol. The van der Waals surface area contributed by atoms with Gasteiger partial charge in [0.25, 0.3) is 0 Å². The normalized spacial score (nSPS) is 14.8. The summed E-state index contributed by atoms with van der Waals surface area (Å²) in [5, 5.41) is 0. The first-order chi connectivity index (χ1) is 4.52. The van der Waals surface area contributed by atoms with E-state index < -0.39 is 12.1 Å². The third-order valence-corrected chi connectivity index (χ3v) is 1.41. The van der Waals surface area contributed by atoms with E-state index >= 15 is 0 Å². The van der Waals surface area contributed by atoms with Crippen molar-refractivity contribution in [3.63, 3.8) is 0 Å². The predicted molar refractivity (Wildman–Crippen MR) is 34.6 cm³/mol. The van der Waals surface area contributed by atoms with Crippen LogP contribution in [0.3, 0.4) is 0 Å². The Morgan fingerprint density at radius 2 is 2.00 bits per heavy atom. The third kappa shape index (κ3) is 2.90. The van der Waals surface area contributed by atoms with Crippen molar-refractivity contribution in [1.82, 2.24) is 0 Å². The number of halogens is 3. The Morgan fingerprint density at radius 1 is 1.50 bits per heavy atom. The Kier molecular flexibility index (Phi) is 3.47. The first-order valence-corrected chi connectivity index (χ1v) is 3.20. The van der Waals surface area contributed by atoms with Gasteiger partial charge in [0.15, 0.2) is 0 Å². The van der Waals surface area contributed by atoms with Gasteiger partial charge in [0, 0.05) is 0 Å². The molecule has 0 aliphatic heterocycles. The van der Waals surface area contributed by atoms with Crippen LogP contribution in [-0.4, -0.2) is 6.18 Å². The van der Waals surface area contributed by atoms with E-state index in [2.05, 4.69) is 6.58 Å². The molecular formula is C7H11F3. The molecule has 0 spiro atoms. The van der Waals surface area contributed by atoms with Crippen molar-refractivity contribution in [3.05, 3.63) is 12.7 Å². The highest BCUT2D eigenvalue weighted by atomic mass is 19.4. The van der Waals surface area contributed by atoms with Gasteiger partial charge in [0.2, 0.25) is 0 Å². The van der Waals surface area contributed by atoms with Gasteiger partial charge >= 0.3 is 6.18 Å². The molecule has 10 heavy (non-hydrogen) atoms. The lowest BCUT2D eigenvalue weighted by Crippen LogP contribution is -2.21. The zero-order valence-electron chi connectivity index (χ0n) is 5.91. The minimum Gasteiger partial charge on any atom is -0.171 e. The van der Waals surface area contributed by atoms with Gasteiger partial charge in [-0.25, -0.2) is 0 Å². The molecule has 0 aromatic heterocycles. The van der Waals surface area contributed by atoms with Crippen molar-refractivity contribution in [3.8, 4) is 0 Å². The van der Waals surface area contributed by atoms with Gasteiger partial charge in [-0.15, -0.1) is 6.58 Å². The average Bonchev–Trinajstić information content (AvgIpc) is 1.80. The topological polar surface area (TPSA) is 0 Å². The van der Waals surface area contributed by atoms with Gasteiger partial charge in [-0.2, -0.15) is 13.2 Å². The van der Waals surface area contributed by atoms with E-state index in [0.717, 1.165) is 0 Å². The molecule has 0 amide bonds. The van der Waals surface area contributed by atoms with Gasteiger partial charge < -0.3 is 0 Å². The Morgan fingerprint density at radius 3 is 2.10 bits per heavy atom. The lowest BCUT2D eigenvalue weighted by atomic mass is 10.0. The van der Waals surface area contributed by atoms with E-state index in [4.69, 9.17) is 0 Å². The number of hydrogen-bond acceptors (Lipinski definition) is 0. The highest BCUT2D eigenvalue weighted by molar-refractivity contribution is 4.76. The van der Waals surface area contributed by atoms with Crippen molar-refractivity contribution < 1.29 is 13.2 Å². The van der Waals surface area contributed by atoms with Crippen molar-refractivity contribution in [2.45, 2.75) is 25.9 Å². The summed E-state index contributed by atoms with van der Waals surface area (Å²) in [7, 11) is 0. The SMILES string of the molecule is C=CCC(CC)C(F)(F)F. The van der Waals surface area contributed by atoms with Crippen LogP contribution in [0.5, 0.6) is 0 Å². The summed E-state index contributed by atoms with van der Waals surface area (Å²) in [6.45, 7) is 4.79. The summed E-state index contributed by atoms with van der Waals surface area (Å²) in [6.07, 6.45) is -2.58. The summed E-state index contributed by atoms with van der Waals surface area (Å²) in [5.74, 6) is -1.20. The summed E-state index contributed by atoms with van der Waals surface area (Å²) in [4.78, 5) is 0. The summed E-state index contributed by atoms with van der Waals surface area (Å²) in [5.41, 5.74) is 0. The number of rotatable bonds is 3. The molecule has 0 nitrogen and oxygen atoms in total. The summed E-state index contributed by atoms with van der Waals surface area (Å²) >= 11 is 0. The summed E-state index contributed by atoms with van der Waals surface area (Å²) in [6, 6.07) is 0. The maximum atomic E-state index is 11.9. The Labute approximate surface area is 58.7 Å². The fraction of sp³-hybridized carbons (Fsp3) is 0.714. The molecule has 60 valence electrons. The zero-order valence-corrected chi connectivity index (χ0v) is 5.91. The maximum absolute atomic E-state index is 11.9. The quantitative estimate of drug-likeness (QED) is 0.545. The molecule has 0 aliphatic carbocycles. The molecule has 1 atom stereocenters. The van der Waals surface area contributed by atoms with Crippen LogP contribution in [0.15, 0.2) is 12.7 Å². The van der Waals surface area contributed by atoms with Crippen LogP contribution in [0.4, 0.5) is 13.2 Å². The molecule has 0 bridgehead atoms. The molecular weight excluding hydrogens is 141 g/mol. The number of allylic oxidation sites excluding steroid dienone is 1. The van der Waals surface area contributed by atoms with Crippen molar-refractivity contribution in [1.29, 1.82) is 0 Å². The molecule has 0 aromatic rings. The molecule has 0 aliphatic rings. The molecule has 0 heterocycles. The van der Waals surface area contributed by atoms with Crippen LogP contribution < -0.4 is 0 Å². The Bertz CT molecular complexity index is 104. The van der Waals surface area contributed by atoms with Crippen LogP contribution >= 0.6 is 0 Å². The minimum absolute atomic E-state index is 0.0278. The summed E-state index contributed by atoms with van der Waals surface area (Å²) < 4.78 is 35.6. The second-order valence-electron chi connectivity index (χ2n) is 2.17. The zero-order chi connectivity index (χ0) is 8.20. The number of hydrogen-bond donors (Lipinski definition) is 0. The predicted octanol–water partition coefficient (Wildman–Crippen LogP) is 3.15. The van der Waals surface area contributed by atoms with Crippen molar-refractivity contribution in [2.75, 3.05) is 0 Å². The van der Waals surface area contributed by atoms with Gasteiger partial charge in [0.05, 0.1) is 5.92 Å². The van der Waals surface area contributed by atoms with Gasteiger partial charge in [-0.1, -0.05) is 13.0 Å². The smallest absolute Gasteiger partial charge is 0.171 e. The second-order valence-corrected chi connectivity index (χ2v) is 2.17. The van der Waals surface area contributed by atoms with Gasteiger partial charge in [0.1, 0.15) is 0 Å². The standard InChI is InChI=1S/C7H11F3/c1-3-5-6(4-2)7(8,9)10/h3,6H,1,4-5H2,2H3. The molecule has 0 rings (SSSR count). The van der Waals surface area contributed by atoms with Crippen LogP contribution in [0.1, 0.15) is 19.8 Å². The van der Waals surface area contributed by atoms with Crippen LogP contribution in [0.2, 0.25) is 0 Å². The highest BCUT2D eigenvalue weighted by Gasteiger charge is 2.36. The van der Waals surface area contributed by atoms with Gasteiger partial charge in [-0.05, 0) is 12.8 Å². The van der Waals surface area contributed by atoms with E-state index in [-0.39, 0.29) is 12.8 Å². The maximum Gasteiger partial charge on any atom is 0.392 e. The van der Waals surface area contributed by atoms with Crippen LogP contribution in [0, 0.1) is 5.92 Å². The Balaban J connectivity index is 3.92. The highest BCUT2D eigenvalue weighted by Crippen LogP contribution is 2.31. The van der Waals surface area contributed by atoms with E-state index in [1.165, 1.54) is 13.0 Å². The fourth-order valence-corrected chi connectivity index (χ4v) is 0.733. The first-order valence-electron chi connectivity index (χ1n) is 3.20. The second kappa shape index (κ2) is 3.64. The first kappa shape index (κ1) is 9.53. The third-order valence-electron chi connectivity index (χ3n) is 1.41. The molecule has 1 unspecified atom stereocenters. The fourth-order valence-electron chi connectivity index (χ4n) is 0.733.